The molecule has 142 valence electrons. The maximum absolute atomic E-state index is 12.4. The zero-order valence-corrected chi connectivity index (χ0v) is 14.3. The molecular weight excluding hydrogens is 356 g/mol. The first-order valence-corrected chi connectivity index (χ1v) is 8.27. The van der Waals surface area contributed by atoms with Crippen molar-refractivity contribution in [3.05, 3.63) is 40.9 Å². The molecule has 4 rings (SSSR count). The normalized spacial score (nSPS) is 25.2. The van der Waals surface area contributed by atoms with Gasteiger partial charge in [0.05, 0.1) is 20.0 Å². The van der Waals surface area contributed by atoms with Crippen molar-refractivity contribution in [3.63, 3.8) is 0 Å². The van der Waals surface area contributed by atoms with E-state index in [-0.39, 0.29) is 11.2 Å². The molecule has 1 saturated heterocycles. The topological polar surface area (TPSA) is 143 Å². The van der Waals surface area contributed by atoms with Gasteiger partial charge in [-0.15, -0.1) is 0 Å². The lowest BCUT2D eigenvalue weighted by atomic mass is 10.1. The van der Waals surface area contributed by atoms with Gasteiger partial charge in [-0.05, 0) is 24.3 Å². The Kier molecular flexibility index (Phi) is 4.40. The van der Waals surface area contributed by atoms with Crippen LogP contribution < -0.4 is 10.3 Å². The predicted octanol–water partition coefficient (Wildman–Crippen LogP) is -0.593. The molecule has 10 heteroatoms. The van der Waals surface area contributed by atoms with Crippen LogP contribution in [0.25, 0.3) is 22.6 Å². The molecule has 4 unspecified atom stereocenters. The molecule has 0 bridgehead atoms. The molecule has 4 atom stereocenters. The van der Waals surface area contributed by atoms with E-state index in [2.05, 4.69) is 15.0 Å². The number of aromatic nitrogens is 4. The van der Waals surface area contributed by atoms with Gasteiger partial charge in [0, 0.05) is 5.56 Å². The van der Waals surface area contributed by atoms with E-state index in [1.807, 2.05) is 0 Å². The molecule has 0 aliphatic carbocycles. The van der Waals surface area contributed by atoms with Crippen molar-refractivity contribution in [2.75, 3.05) is 13.7 Å². The third-order valence-corrected chi connectivity index (χ3v) is 4.59. The van der Waals surface area contributed by atoms with Crippen LogP contribution in [0.1, 0.15) is 6.23 Å². The van der Waals surface area contributed by atoms with Crippen LogP contribution in [-0.4, -0.2) is 66.9 Å². The van der Waals surface area contributed by atoms with Crippen LogP contribution in [0, 0.1) is 0 Å². The molecule has 10 nitrogen and oxygen atoms in total. The molecule has 0 amide bonds. The number of ether oxygens (including phenoxy) is 2. The zero-order chi connectivity index (χ0) is 19.1. The van der Waals surface area contributed by atoms with Gasteiger partial charge in [-0.1, -0.05) is 0 Å². The summed E-state index contributed by atoms with van der Waals surface area (Å²) >= 11 is 0. The molecule has 1 fully saturated rings. The number of methoxy groups -OCH3 is 1. The number of nitrogens with one attached hydrogen (secondary N) is 1. The summed E-state index contributed by atoms with van der Waals surface area (Å²) in [6.07, 6.45) is -3.22. The number of imidazole rings is 1. The van der Waals surface area contributed by atoms with Gasteiger partial charge in [-0.2, -0.15) is 0 Å². The molecule has 1 aliphatic heterocycles. The highest BCUT2D eigenvalue weighted by molar-refractivity contribution is 5.72. The summed E-state index contributed by atoms with van der Waals surface area (Å²) in [6, 6.07) is 6.97. The van der Waals surface area contributed by atoms with Gasteiger partial charge in [0.1, 0.15) is 29.9 Å². The first-order valence-electron chi connectivity index (χ1n) is 8.27. The Bertz CT molecular complexity index is 1010. The number of rotatable bonds is 4. The maximum Gasteiger partial charge on any atom is 0.279 e. The van der Waals surface area contributed by atoms with Crippen molar-refractivity contribution in [2.24, 2.45) is 0 Å². The molecule has 27 heavy (non-hydrogen) atoms. The summed E-state index contributed by atoms with van der Waals surface area (Å²) < 4.78 is 12.0. The van der Waals surface area contributed by atoms with Crippen LogP contribution >= 0.6 is 0 Å². The molecule has 0 spiro atoms. The smallest absolute Gasteiger partial charge is 0.279 e. The lowest BCUT2D eigenvalue weighted by molar-refractivity contribution is -0.0511. The summed E-state index contributed by atoms with van der Waals surface area (Å²) in [7, 11) is 1.56. The Hall–Kier alpha value is -2.79. The lowest BCUT2D eigenvalue weighted by Gasteiger charge is -2.16. The van der Waals surface area contributed by atoms with E-state index in [1.165, 1.54) is 10.9 Å². The van der Waals surface area contributed by atoms with Crippen LogP contribution in [0.3, 0.4) is 0 Å². The van der Waals surface area contributed by atoms with Crippen molar-refractivity contribution in [1.82, 2.24) is 19.5 Å². The van der Waals surface area contributed by atoms with Crippen molar-refractivity contribution in [3.8, 4) is 17.1 Å². The Morgan fingerprint density at radius 1 is 1.26 bits per heavy atom. The first kappa shape index (κ1) is 17.6. The summed E-state index contributed by atoms with van der Waals surface area (Å²) in [4.78, 5) is 23.6. The van der Waals surface area contributed by atoms with E-state index >= 15 is 0 Å². The summed E-state index contributed by atoms with van der Waals surface area (Å²) in [5.74, 6) is 0.974. The van der Waals surface area contributed by atoms with Gasteiger partial charge in [0.25, 0.3) is 5.56 Å². The number of aliphatic hydroxyl groups excluding tert-OH is 3. The average Bonchev–Trinajstić information content (AvgIpc) is 3.23. The second kappa shape index (κ2) is 6.74. The molecule has 0 saturated carbocycles. The van der Waals surface area contributed by atoms with Gasteiger partial charge >= 0.3 is 0 Å². The Balaban J connectivity index is 1.80. The summed E-state index contributed by atoms with van der Waals surface area (Å²) in [6.45, 7) is -0.452. The molecule has 0 radical (unpaired) electrons. The van der Waals surface area contributed by atoms with Crippen molar-refractivity contribution >= 4 is 11.2 Å². The highest BCUT2D eigenvalue weighted by Crippen LogP contribution is 2.31. The molecule has 1 aliphatic rings. The number of fused-ring (bicyclic) bond motifs is 1. The Labute approximate surface area is 152 Å². The molecule has 3 heterocycles. The maximum atomic E-state index is 12.4. The summed E-state index contributed by atoms with van der Waals surface area (Å²) in [5, 5.41) is 29.5. The Morgan fingerprint density at radius 3 is 2.63 bits per heavy atom. The summed E-state index contributed by atoms with van der Waals surface area (Å²) in [5.41, 5.74) is 0.476. The number of benzene rings is 1. The highest BCUT2D eigenvalue weighted by atomic mass is 16.6. The number of hydrogen-bond donors (Lipinski definition) is 4. The number of H-pyrrole nitrogens is 1. The van der Waals surface area contributed by atoms with Gasteiger partial charge in [-0.25, -0.2) is 9.97 Å². The second-order valence-electron chi connectivity index (χ2n) is 6.20. The van der Waals surface area contributed by atoms with E-state index in [9.17, 15) is 20.1 Å². The third-order valence-electron chi connectivity index (χ3n) is 4.59. The minimum atomic E-state index is -1.30. The third kappa shape index (κ3) is 2.88. The average molecular weight is 374 g/mol. The SMILES string of the molecule is COc1ccc(-c2nc3c(ncn3C3OC(CO)C(O)C3O)c(=O)[nH]2)cc1. The zero-order valence-electron chi connectivity index (χ0n) is 14.3. The van der Waals surface area contributed by atoms with E-state index in [0.717, 1.165) is 0 Å². The van der Waals surface area contributed by atoms with Gasteiger partial charge in [-0.3, -0.25) is 9.36 Å². The molecule has 1 aromatic carbocycles. The fourth-order valence-electron chi connectivity index (χ4n) is 3.11. The predicted molar refractivity (Wildman–Crippen MR) is 93.1 cm³/mol. The fraction of sp³-hybridized carbons (Fsp3) is 0.353. The van der Waals surface area contributed by atoms with E-state index in [0.29, 0.717) is 17.1 Å². The number of aliphatic hydroxyl groups is 3. The number of aromatic amines is 1. The van der Waals surface area contributed by atoms with Crippen LogP contribution in [0.4, 0.5) is 0 Å². The minimum Gasteiger partial charge on any atom is -0.497 e. The lowest BCUT2D eigenvalue weighted by Crippen LogP contribution is -2.33. The van der Waals surface area contributed by atoms with Crippen molar-refractivity contribution < 1.29 is 24.8 Å². The molecular formula is C17H18N4O6. The largest absolute Gasteiger partial charge is 0.497 e. The van der Waals surface area contributed by atoms with Gasteiger partial charge in [0.2, 0.25) is 0 Å². The number of nitrogens with zero attached hydrogens (tertiary/aromatic N) is 3. The first-order chi connectivity index (χ1) is 13.0. The molecule has 4 N–H and O–H groups in total. The van der Waals surface area contributed by atoms with Crippen LogP contribution in [0.2, 0.25) is 0 Å². The molecule has 3 aromatic rings. The second-order valence-corrected chi connectivity index (χ2v) is 6.20. The fourth-order valence-corrected chi connectivity index (χ4v) is 3.11. The minimum absolute atomic E-state index is 0.0741. The van der Waals surface area contributed by atoms with Gasteiger partial charge in [0.15, 0.2) is 17.4 Å². The van der Waals surface area contributed by atoms with E-state index < -0.39 is 36.7 Å². The number of hydrogen-bond acceptors (Lipinski definition) is 8. The van der Waals surface area contributed by atoms with Crippen molar-refractivity contribution in [2.45, 2.75) is 24.5 Å². The van der Waals surface area contributed by atoms with Crippen LogP contribution in [-0.2, 0) is 4.74 Å². The quantitative estimate of drug-likeness (QED) is 0.474. The Morgan fingerprint density at radius 2 is 2.00 bits per heavy atom. The van der Waals surface area contributed by atoms with E-state index in [1.54, 1.807) is 31.4 Å². The highest BCUT2D eigenvalue weighted by Gasteiger charge is 2.44. The molecule has 2 aromatic heterocycles. The van der Waals surface area contributed by atoms with Crippen LogP contribution in [0.5, 0.6) is 5.75 Å². The van der Waals surface area contributed by atoms with Gasteiger partial charge < -0.3 is 29.8 Å². The standard InChI is InChI=1S/C17H18N4O6/c1-26-9-4-2-8(3-5-9)14-19-15-11(16(25)20-14)18-7-21(15)17-13(24)12(23)10(6-22)27-17/h2-5,7,10,12-13,17,22-24H,6H2,1H3,(H,19,20,25). The van der Waals surface area contributed by atoms with E-state index in [4.69, 9.17) is 9.47 Å². The van der Waals surface area contributed by atoms with Crippen molar-refractivity contribution in [1.29, 1.82) is 0 Å². The monoisotopic (exact) mass is 374 g/mol. The van der Waals surface area contributed by atoms with Crippen LogP contribution in [0.15, 0.2) is 35.4 Å².